The van der Waals surface area contributed by atoms with Gasteiger partial charge in [-0.25, -0.2) is 8.78 Å². The summed E-state index contributed by atoms with van der Waals surface area (Å²) in [6, 6.07) is 3.43. The van der Waals surface area contributed by atoms with Crippen molar-refractivity contribution in [1.29, 1.82) is 0 Å². The van der Waals surface area contributed by atoms with Crippen molar-refractivity contribution in [1.82, 2.24) is 4.90 Å². The Morgan fingerprint density at radius 3 is 2.53 bits per heavy atom. The fourth-order valence-electron chi connectivity index (χ4n) is 1.62. The van der Waals surface area contributed by atoms with Gasteiger partial charge in [0.1, 0.15) is 11.5 Å². The number of alkyl halides is 2. The molecular formula is C12H15F2NO4. The zero-order valence-electron chi connectivity index (χ0n) is 10.1. The molecule has 0 aliphatic carbocycles. The number of Topliss-reactive ketones (excluding diaryl/α,β-unsaturated/α-hetero) is 1. The van der Waals surface area contributed by atoms with Crippen molar-refractivity contribution in [2.75, 3.05) is 26.2 Å². The van der Waals surface area contributed by atoms with E-state index in [-0.39, 0.29) is 31.0 Å². The van der Waals surface area contributed by atoms with Crippen LogP contribution in [0, 0.1) is 0 Å². The van der Waals surface area contributed by atoms with E-state index in [0.717, 1.165) is 11.0 Å². The van der Waals surface area contributed by atoms with Crippen molar-refractivity contribution in [2.24, 2.45) is 0 Å². The second-order valence-corrected chi connectivity index (χ2v) is 3.97. The number of phenols is 2. The maximum Gasteiger partial charge on any atom is 0.251 e. The first-order valence-electron chi connectivity index (χ1n) is 5.60. The molecule has 1 aromatic rings. The highest BCUT2D eigenvalue weighted by Gasteiger charge is 2.18. The minimum Gasteiger partial charge on any atom is -0.508 e. The molecule has 0 amide bonds. The molecule has 0 aliphatic heterocycles. The average Bonchev–Trinajstić information content (AvgIpc) is 2.27. The monoisotopic (exact) mass is 275 g/mol. The van der Waals surface area contributed by atoms with Gasteiger partial charge in [-0.1, -0.05) is 0 Å². The molecule has 0 radical (unpaired) electrons. The van der Waals surface area contributed by atoms with Gasteiger partial charge in [0.2, 0.25) is 0 Å². The summed E-state index contributed by atoms with van der Waals surface area (Å²) < 4.78 is 24.6. The van der Waals surface area contributed by atoms with Gasteiger partial charge in [-0.15, -0.1) is 0 Å². The first-order chi connectivity index (χ1) is 8.93. The molecule has 19 heavy (non-hydrogen) atoms. The van der Waals surface area contributed by atoms with E-state index in [9.17, 15) is 18.7 Å². The number of nitrogens with zero attached hydrogens (tertiary/aromatic N) is 1. The predicted molar refractivity (Wildman–Crippen MR) is 63.6 cm³/mol. The molecule has 7 heteroatoms. The van der Waals surface area contributed by atoms with Gasteiger partial charge >= 0.3 is 0 Å². The highest BCUT2D eigenvalue weighted by molar-refractivity contribution is 6.00. The molecule has 0 saturated carbocycles. The number of hydrogen-bond donors (Lipinski definition) is 3. The largest absolute Gasteiger partial charge is 0.508 e. The van der Waals surface area contributed by atoms with E-state index in [2.05, 4.69) is 0 Å². The van der Waals surface area contributed by atoms with Gasteiger partial charge in [-0.05, 0) is 12.1 Å². The normalized spacial score (nSPS) is 11.2. The number of aliphatic hydroxyl groups is 1. The van der Waals surface area contributed by atoms with Crippen molar-refractivity contribution in [3.63, 3.8) is 0 Å². The number of phenolic OH excluding ortho intramolecular Hbond substituents is 2. The van der Waals surface area contributed by atoms with Gasteiger partial charge < -0.3 is 15.3 Å². The molecule has 0 saturated heterocycles. The summed E-state index contributed by atoms with van der Waals surface area (Å²) in [5, 5.41) is 27.3. The maximum absolute atomic E-state index is 12.3. The smallest absolute Gasteiger partial charge is 0.251 e. The van der Waals surface area contributed by atoms with Gasteiger partial charge in [-0.3, -0.25) is 9.69 Å². The van der Waals surface area contributed by atoms with Gasteiger partial charge in [0.15, 0.2) is 5.78 Å². The fraction of sp³-hybridized carbons (Fsp3) is 0.417. The van der Waals surface area contributed by atoms with Crippen LogP contribution in [0.15, 0.2) is 18.2 Å². The number of benzene rings is 1. The molecule has 1 aromatic carbocycles. The number of rotatable bonds is 7. The van der Waals surface area contributed by atoms with Crippen LogP contribution in [0.2, 0.25) is 0 Å². The van der Waals surface area contributed by atoms with Gasteiger partial charge in [0.05, 0.1) is 25.3 Å². The number of carbonyl (C=O) groups excluding carboxylic acids is 1. The number of halogens is 2. The summed E-state index contributed by atoms with van der Waals surface area (Å²) >= 11 is 0. The van der Waals surface area contributed by atoms with Crippen LogP contribution in [0.1, 0.15) is 10.4 Å². The first-order valence-corrected chi connectivity index (χ1v) is 5.60. The topological polar surface area (TPSA) is 81.0 Å². The molecule has 0 atom stereocenters. The number of carbonyl (C=O) groups is 1. The Kier molecular flexibility index (Phi) is 5.65. The standard InChI is InChI=1S/C12H15F2NO4/c13-12(14)7-15(3-4-16)6-11(19)9-2-1-8(17)5-10(9)18/h1-2,5,12,16-18H,3-4,6-7H2. The minimum absolute atomic E-state index is 0.0602. The van der Waals surface area contributed by atoms with Gasteiger partial charge in [-0.2, -0.15) is 0 Å². The van der Waals surface area contributed by atoms with Crippen LogP contribution in [0.4, 0.5) is 8.78 Å². The predicted octanol–water partition coefficient (Wildman–Crippen LogP) is 0.840. The lowest BCUT2D eigenvalue weighted by atomic mass is 10.1. The van der Waals surface area contributed by atoms with E-state index in [4.69, 9.17) is 10.2 Å². The number of ketones is 1. The van der Waals surface area contributed by atoms with Crippen LogP contribution >= 0.6 is 0 Å². The Morgan fingerprint density at radius 2 is 2.00 bits per heavy atom. The summed E-state index contributed by atoms with van der Waals surface area (Å²) in [6.45, 7) is -1.38. The van der Waals surface area contributed by atoms with Crippen molar-refractivity contribution >= 4 is 5.78 Å². The fourth-order valence-corrected chi connectivity index (χ4v) is 1.62. The third-order valence-corrected chi connectivity index (χ3v) is 2.46. The van der Waals surface area contributed by atoms with Gasteiger partial charge in [0.25, 0.3) is 6.43 Å². The van der Waals surface area contributed by atoms with Crippen LogP contribution in [0.25, 0.3) is 0 Å². The summed E-state index contributed by atoms with van der Waals surface area (Å²) in [6.07, 6.45) is -2.62. The van der Waals surface area contributed by atoms with E-state index >= 15 is 0 Å². The van der Waals surface area contributed by atoms with E-state index < -0.39 is 24.5 Å². The maximum atomic E-state index is 12.3. The van der Waals surface area contributed by atoms with Crippen molar-refractivity contribution in [2.45, 2.75) is 6.43 Å². The third kappa shape index (κ3) is 4.80. The third-order valence-electron chi connectivity index (χ3n) is 2.46. The van der Waals surface area contributed by atoms with Crippen LogP contribution in [0.3, 0.4) is 0 Å². The summed E-state index contributed by atoms with van der Waals surface area (Å²) in [4.78, 5) is 12.9. The lowest BCUT2D eigenvalue weighted by Gasteiger charge is -2.20. The quantitative estimate of drug-likeness (QED) is 0.642. The molecule has 0 bridgehead atoms. The number of hydrogen-bond acceptors (Lipinski definition) is 5. The summed E-state index contributed by atoms with van der Waals surface area (Å²) in [5.41, 5.74) is -0.0602. The Morgan fingerprint density at radius 1 is 1.32 bits per heavy atom. The highest BCUT2D eigenvalue weighted by atomic mass is 19.3. The Hall–Kier alpha value is -1.73. The van der Waals surface area contributed by atoms with Crippen molar-refractivity contribution in [3.8, 4) is 11.5 Å². The lowest BCUT2D eigenvalue weighted by Crippen LogP contribution is -2.36. The Balaban J connectivity index is 2.75. The van der Waals surface area contributed by atoms with Crippen molar-refractivity contribution in [3.05, 3.63) is 23.8 Å². The van der Waals surface area contributed by atoms with Crippen LogP contribution < -0.4 is 0 Å². The molecule has 0 unspecified atom stereocenters. The second-order valence-electron chi connectivity index (χ2n) is 3.97. The average molecular weight is 275 g/mol. The van der Waals surface area contributed by atoms with Crippen LogP contribution in [-0.2, 0) is 0 Å². The molecule has 0 aromatic heterocycles. The van der Waals surface area contributed by atoms with Gasteiger partial charge in [0, 0.05) is 12.6 Å². The lowest BCUT2D eigenvalue weighted by molar-refractivity contribution is 0.0688. The molecule has 5 nitrogen and oxygen atoms in total. The molecular weight excluding hydrogens is 260 g/mol. The van der Waals surface area contributed by atoms with Crippen LogP contribution in [0.5, 0.6) is 11.5 Å². The van der Waals surface area contributed by atoms with E-state index in [0.29, 0.717) is 0 Å². The SMILES string of the molecule is O=C(CN(CCO)CC(F)F)c1ccc(O)cc1O. The summed E-state index contributed by atoms with van der Waals surface area (Å²) in [5.74, 6) is -1.17. The van der Waals surface area contributed by atoms with Crippen LogP contribution in [-0.4, -0.2) is 58.7 Å². The molecule has 0 aliphatic rings. The zero-order chi connectivity index (χ0) is 14.4. The first kappa shape index (κ1) is 15.3. The zero-order valence-corrected chi connectivity index (χ0v) is 10.1. The number of aliphatic hydroxyl groups excluding tert-OH is 1. The van der Waals surface area contributed by atoms with Crippen molar-refractivity contribution < 1.29 is 28.9 Å². The molecule has 0 spiro atoms. The second kappa shape index (κ2) is 7.01. The molecule has 3 N–H and O–H groups in total. The number of aromatic hydroxyl groups is 2. The molecule has 0 fully saturated rings. The Bertz CT molecular complexity index is 440. The van der Waals surface area contributed by atoms with E-state index in [1.165, 1.54) is 12.1 Å². The summed E-state index contributed by atoms with van der Waals surface area (Å²) in [7, 11) is 0. The van der Waals surface area contributed by atoms with E-state index in [1.54, 1.807) is 0 Å². The van der Waals surface area contributed by atoms with E-state index in [1.807, 2.05) is 0 Å². The molecule has 0 heterocycles. The Labute approximate surface area is 108 Å². The highest BCUT2D eigenvalue weighted by Crippen LogP contribution is 2.23. The molecule has 1 rings (SSSR count). The molecule has 106 valence electrons. The minimum atomic E-state index is -2.62.